The number of nitrogens with one attached hydrogen (secondary N) is 2. The van der Waals surface area contributed by atoms with Crippen molar-refractivity contribution in [2.45, 2.75) is 32.9 Å². The molecule has 0 fully saturated rings. The Kier molecular flexibility index (Phi) is 6.37. The molecule has 1 aromatic rings. The fourth-order valence-corrected chi connectivity index (χ4v) is 1.99. The van der Waals surface area contributed by atoms with Crippen LogP contribution < -0.4 is 10.6 Å². The van der Waals surface area contributed by atoms with E-state index < -0.39 is 29.9 Å². The first-order valence-corrected chi connectivity index (χ1v) is 7.20. The van der Waals surface area contributed by atoms with E-state index in [0.717, 1.165) is 0 Å². The molecule has 22 heavy (non-hydrogen) atoms. The van der Waals surface area contributed by atoms with Gasteiger partial charge in [-0.15, -0.1) is 0 Å². The van der Waals surface area contributed by atoms with E-state index >= 15 is 0 Å². The first-order chi connectivity index (χ1) is 10.2. The summed E-state index contributed by atoms with van der Waals surface area (Å²) in [7, 11) is 0. The lowest BCUT2D eigenvalue weighted by Gasteiger charge is -2.23. The third-order valence-electron chi connectivity index (χ3n) is 3.08. The van der Waals surface area contributed by atoms with Crippen LogP contribution >= 0.6 is 11.6 Å². The van der Waals surface area contributed by atoms with Crippen molar-refractivity contribution in [2.24, 2.45) is 5.92 Å². The summed E-state index contributed by atoms with van der Waals surface area (Å²) in [6, 6.07) is 4.59. The van der Waals surface area contributed by atoms with Gasteiger partial charge in [-0.1, -0.05) is 37.6 Å². The molecule has 0 aliphatic rings. The maximum atomic E-state index is 12.2. The molecule has 0 radical (unpaired) electrons. The number of carboxylic acids is 1. The van der Waals surface area contributed by atoms with Crippen molar-refractivity contribution in [3.63, 3.8) is 0 Å². The van der Waals surface area contributed by atoms with E-state index in [1.165, 1.54) is 6.92 Å². The van der Waals surface area contributed by atoms with Crippen LogP contribution in [0.2, 0.25) is 5.02 Å². The van der Waals surface area contributed by atoms with Crippen molar-refractivity contribution in [3.05, 3.63) is 34.9 Å². The Balaban J connectivity index is 2.84. The van der Waals surface area contributed by atoms with Gasteiger partial charge in [0.2, 0.25) is 5.91 Å². The molecule has 0 bridgehead atoms. The molecule has 120 valence electrons. The zero-order valence-electron chi connectivity index (χ0n) is 12.6. The molecule has 1 aromatic carbocycles. The number of benzene rings is 1. The lowest BCUT2D eigenvalue weighted by atomic mass is 10.0. The predicted molar refractivity (Wildman–Crippen MR) is 82.8 cm³/mol. The number of hydrogen-bond acceptors (Lipinski definition) is 3. The number of amides is 2. The molecule has 0 heterocycles. The van der Waals surface area contributed by atoms with Gasteiger partial charge in [-0.05, 0) is 25.0 Å². The molecular weight excluding hydrogens is 308 g/mol. The highest BCUT2D eigenvalue weighted by Gasteiger charge is 2.27. The number of carbonyl (C=O) groups excluding carboxylic acids is 2. The molecule has 0 saturated heterocycles. The van der Waals surface area contributed by atoms with Gasteiger partial charge in [-0.3, -0.25) is 14.4 Å². The zero-order chi connectivity index (χ0) is 16.9. The Morgan fingerprint density at radius 3 is 2.18 bits per heavy atom. The molecule has 0 spiro atoms. The lowest BCUT2D eigenvalue weighted by molar-refractivity contribution is -0.141. The Labute approximate surface area is 133 Å². The number of hydrogen-bond donors (Lipinski definition) is 3. The third kappa shape index (κ3) is 4.73. The summed E-state index contributed by atoms with van der Waals surface area (Å²) in [4.78, 5) is 35.1. The molecular formula is C15H19ClN2O4. The monoisotopic (exact) mass is 326 g/mol. The summed E-state index contributed by atoms with van der Waals surface area (Å²) in [6.45, 7) is 4.86. The van der Waals surface area contributed by atoms with Crippen LogP contribution in [-0.2, 0) is 9.59 Å². The molecule has 6 nitrogen and oxygen atoms in total. The van der Waals surface area contributed by atoms with Gasteiger partial charge in [-0.2, -0.15) is 0 Å². The summed E-state index contributed by atoms with van der Waals surface area (Å²) in [5.41, 5.74) is 0.258. The van der Waals surface area contributed by atoms with Crippen LogP contribution in [0.3, 0.4) is 0 Å². The topological polar surface area (TPSA) is 95.5 Å². The SMILES string of the molecule is CC(C)C(NC(=O)c1ccccc1Cl)C(=O)N[C@@H](C)C(=O)O. The van der Waals surface area contributed by atoms with Crippen molar-refractivity contribution in [2.75, 3.05) is 0 Å². The number of carboxylic acid groups (broad SMARTS) is 1. The van der Waals surface area contributed by atoms with Crippen LogP contribution in [0.25, 0.3) is 0 Å². The molecule has 0 saturated carbocycles. The fraction of sp³-hybridized carbons (Fsp3) is 0.400. The van der Waals surface area contributed by atoms with Crippen molar-refractivity contribution in [3.8, 4) is 0 Å². The van der Waals surface area contributed by atoms with Crippen LogP contribution in [0.5, 0.6) is 0 Å². The molecule has 1 unspecified atom stereocenters. The van der Waals surface area contributed by atoms with Gasteiger partial charge in [0.15, 0.2) is 0 Å². The molecule has 3 N–H and O–H groups in total. The van der Waals surface area contributed by atoms with Gasteiger partial charge in [0, 0.05) is 0 Å². The molecule has 0 aliphatic heterocycles. The van der Waals surface area contributed by atoms with Crippen molar-refractivity contribution in [1.29, 1.82) is 0 Å². The summed E-state index contributed by atoms with van der Waals surface area (Å²) in [6.07, 6.45) is 0. The minimum Gasteiger partial charge on any atom is -0.480 e. The Hall–Kier alpha value is -2.08. The van der Waals surface area contributed by atoms with Gasteiger partial charge in [-0.25, -0.2) is 0 Å². The van der Waals surface area contributed by atoms with Gasteiger partial charge >= 0.3 is 5.97 Å². The standard InChI is InChI=1S/C15H19ClN2O4/c1-8(2)12(14(20)17-9(3)15(21)22)18-13(19)10-6-4-5-7-11(10)16/h4-9,12H,1-3H3,(H,17,20)(H,18,19)(H,21,22)/t9-,12?/m0/s1. The van der Waals surface area contributed by atoms with Crippen molar-refractivity contribution in [1.82, 2.24) is 10.6 Å². The van der Waals surface area contributed by atoms with E-state index in [2.05, 4.69) is 10.6 Å². The molecule has 2 atom stereocenters. The van der Waals surface area contributed by atoms with Gasteiger partial charge in [0.05, 0.1) is 10.6 Å². The Bertz CT molecular complexity index is 574. The molecule has 1 rings (SSSR count). The average Bonchev–Trinajstić information content (AvgIpc) is 2.44. The minimum absolute atomic E-state index is 0.215. The zero-order valence-corrected chi connectivity index (χ0v) is 13.3. The Morgan fingerprint density at radius 2 is 1.68 bits per heavy atom. The van der Waals surface area contributed by atoms with Gasteiger partial charge in [0.1, 0.15) is 12.1 Å². The average molecular weight is 327 g/mol. The normalized spacial score (nSPS) is 13.3. The van der Waals surface area contributed by atoms with E-state index in [9.17, 15) is 14.4 Å². The largest absolute Gasteiger partial charge is 0.480 e. The highest BCUT2D eigenvalue weighted by atomic mass is 35.5. The maximum Gasteiger partial charge on any atom is 0.325 e. The second-order valence-corrected chi connectivity index (χ2v) is 5.65. The first-order valence-electron chi connectivity index (χ1n) is 6.82. The number of aliphatic carboxylic acids is 1. The predicted octanol–water partition coefficient (Wildman–Crippen LogP) is 1.68. The number of halogens is 1. The van der Waals surface area contributed by atoms with E-state index in [4.69, 9.17) is 16.7 Å². The third-order valence-corrected chi connectivity index (χ3v) is 3.41. The Morgan fingerprint density at radius 1 is 1.09 bits per heavy atom. The first kappa shape index (κ1) is 18.0. The van der Waals surface area contributed by atoms with Crippen molar-refractivity contribution >= 4 is 29.4 Å². The second kappa shape index (κ2) is 7.79. The summed E-state index contributed by atoms with van der Waals surface area (Å²) in [5, 5.41) is 14.0. The summed E-state index contributed by atoms with van der Waals surface area (Å²) >= 11 is 5.95. The van der Waals surface area contributed by atoms with Gasteiger partial charge < -0.3 is 15.7 Å². The fourth-order valence-electron chi connectivity index (χ4n) is 1.76. The van der Waals surface area contributed by atoms with Crippen molar-refractivity contribution < 1.29 is 19.5 Å². The van der Waals surface area contributed by atoms with E-state index in [0.29, 0.717) is 0 Å². The van der Waals surface area contributed by atoms with Crippen LogP contribution in [0.15, 0.2) is 24.3 Å². The van der Waals surface area contributed by atoms with E-state index in [-0.39, 0.29) is 16.5 Å². The lowest BCUT2D eigenvalue weighted by Crippen LogP contribution is -2.53. The van der Waals surface area contributed by atoms with Crippen LogP contribution in [0, 0.1) is 5.92 Å². The van der Waals surface area contributed by atoms with Gasteiger partial charge in [0.25, 0.3) is 5.91 Å². The summed E-state index contributed by atoms with van der Waals surface area (Å²) < 4.78 is 0. The molecule has 2 amide bonds. The smallest absolute Gasteiger partial charge is 0.325 e. The number of rotatable bonds is 6. The second-order valence-electron chi connectivity index (χ2n) is 5.24. The van der Waals surface area contributed by atoms with Crippen LogP contribution in [0.4, 0.5) is 0 Å². The molecule has 0 aliphatic carbocycles. The maximum absolute atomic E-state index is 12.2. The quantitative estimate of drug-likeness (QED) is 0.741. The highest BCUT2D eigenvalue weighted by molar-refractivity contribution is 6.33. The van der Waals surface area contributed by atoms with Crippen LogP contribution in [-0.4, -0.2) is 35.0 Å². The van der Waals surface area contributed by atoms with Crippen LogP contribution in [0.1, 0.15) is 31.1 Å². The summed E-state index contributed by atoms with van der Waals surface area (Å²) in [5.74, 6) is -2.39. The van der Waals surface area contributed by atoms with E-state index in [1.54, 1.807) is 38.1 Å². The molecule has 7 heteroatoms. The number of carbonyl (C=O) groups is 3. The minimum atomic E-state index is -1.15. The van der Waals surface area contributed by atoms with E-state index in [1.807, 2.05) is 0 Å². The highest BCUT2D eigenvalue weighted by Crippen LogP contribution is 2.15. The molecule has 0 aromatic heterocycles.